The lowest BCUT2D eigenvalue weighted by Gasteiger charge is -2.00. The van der Waals surface area contributed by atoms with Crippen LogP contribution in [0.2, 0.25) is 0 Å². The Kier molecular flexibility index (Phi) is 4.08. The lowest BCUT2D eigenvalue weighted by molar-refractivity contribution is -0.697. The van der Waals surface area contributed by atoms with Crippen LogP contribution in [0.4, 0.5) is 0 Å². The van der Waals surface area contributed by atoms with Gasteiger partial charge in [0.2, 0.25) is 4.95 Å². The summed E-state index contributed by atoms with van der Waals surface area (Å²) in [6.45, 7) is 0. The Balaban J connectivity index is 2.61. The number of pyridine rings is 1. The van der Waals surface area contributed by atoms with E-state index in [0.717, 1.165) is 11.8 Å². The minimum absolute atomic E-state index is 0.406. The van der Waals surface area contributed by atoms with Gasteiger partial charge in [-0.1, -0.05) is 22.0 Å². The minimum Gasteiger partial charge on any atom is -0.192 e. The van der Waals surface area contributed by atoms with Crippen molar-refractivity contribution in [2.75, 3.05) is 5.33 Å². The Morgan fingerprint density at radius 3 is 2.36 bits per heavy atom. The zero-order valence-electron chi connectivity index (χ0n) is 6.08. The molecular formula is C8H10Br2N+. The standard InChI is InChI=1S/C8H10Br2N/c9-5-4-8(10)11-6-2-1-3-7-11/h1-3,6-8H,4-5H2/q+1. The van der Waals surface area contributed by atoms with Crippen molar-refractivity contribution in [1.29, 1.82) is 0 Å². The van der Waals surface area contributed by atoms with Crippen molar-refractivity contribution in [2.24, 2.45) is 0 Å². The highest BCUT2D eigenvalue weighted by Gasteiger charge is 2.10. The van der Waals surface area contributed by atoms with Crippen LogP contribution in [0.1, 0.15) is 11.4 Å². The van der Waals surface area contributed by atoms with Gasteiger partial charge < -0.3 is 0 Å². The second-order valence-electron chi connectivity index (χ2n) is 2.23. The van der Waals surface area contributed by atoms with Crippen molar-refractivity contribution >= 4 is 31.9 Å². The first kappa shape index (κ1) is 9.20. The molecule has 0 spiro atoms. The SMILES string of the molecule is BrCCC(Br)[n+]1ccccc1. The van der Waals surface area contributed by atoms with E-state index < -0.39 is 0 Å². The first-order chi connectivity index (χ1) is 5.34. The number of hydrogen-bond acceptors (Lipinski definition) is 0. The molecule has 0 amide bonds. The maximum absolute atomic E-state index is 3.58. The highest BCUT2D eigenvalue weighted by Crippen LogP contribution is 2.11. The molecule has 1 atom stereocenters. The molecule has 0 saturated carbocycles. The Hall–Kier alpha value is 0.110. The van der Waals surface area contributed by atoms with Gasteiger partial charge in [-0.15, -0.1) is 0 Å². The number of rotatable bonds is 3. The molecule has 3 heteroatoms. The van der Waals surface area contributed by atoms with E-state index >= 15 is 0 Å². The van der Waals surface area contributed by atoms with E-state index in [1.807, 2.05) is 18.2 Å². The average Bonchev–Trinajstić information content (AvgIpc) is 2.07. The van der Waals surface area contributed by atoms with Gasteiger partial charge in [-0.2, -0.15) is 4.57 Å². The van der Waals surface area contributed by atoms with Crippen LogP contribution in [0.3, 0.4) is 0 Å². The molecule has 0 aliphatic rings. The highest BCUT2D eigenvalue weighted by atomic mass is 79.9. The summed E-state index contributed by atoms with van der Waals surface area (Å²) in [5, 5.41) is 1.02. The molecule has 1 heterocycles. The number of hydrogen-bond donors (Lipinski definition) is 0. The smallest absolute Gasteiger partial charge is 0.192 e. The van der Waals surface area contributed by atoms with Crippen molar-refractivity contribution in [1.82, 2.24) is 0 Å². The van der Waals surface area contributed by atoms with Crippen LogP contribution in [0.5, 0.6) is 0 Å². The first-order valence-corrected chi connectivity index (χ1v) is 5.54. The predicted octanol–water partition coefficient (Wildman–Crippen LogP) is 2.65. The summed E-state index contributed by atoms with van der Waals surface area (Å²) in [6, 6.07) is 6.08. The van der Waals surface area contributed by atoms with Crippen LogP contribution in [0.25, 0.3) is 0 Å². The Morgan fingerprint density at radius 1 is 1.18 bits per heavy atom. The fourth-order valence-corrected chi connectivity index (χ4v) is 2.39. The molecule has 0 saturated heterocycles. The Morgan fingerprint density at radius 2 is 1.82 bits per heavy atom. The molecule has 0 N–H and O–H groups in total. The summed E-state index contributed by atoms with van der Waals surface area (Å²) >= 11 is 6.98. The van der Waals surface area contributed by atoms with Crippen molar-refractivity contribution in [2.45, 2.75) is 11.4 Å². The van der Waals surface area contributed by atoms with E-state index in [2.05, 4.69) is 48.8 Å². The van der Waals surface area contributed by atoms with E-state index in [0.29, 0.717) is 4.95 Å². The molecule has 0 fully saturated rings. The van der Waals surface area contributed by atoms with Crippen molar-refractivity contribution in [3.05, 3.63) is 30.6 Å². The predicted molar refractivity (Wildman–Crippen MR) is 53.0 cm³/mol. The topological polar surface area (TPSA) is 3.88 Å². The summed E-state index contributed by atoms with van der Waals surface area (Å²) in [4.78, 5) is 0.406. The molecule has 1 nitrogen and oxygen atoms in total. The normalized spacial score (nSPS) is 12.9. The largest absolute Gasteiger partial charge is 0.212 e. The first-order valence-electron chi connectivity index (χ1n) is 3.50. The Bertz CT molecular complexity index is 201. The summed E-state index contributed by atoms with van der Waals surface area (Å²) in [6.07, 6.45) is 5.21. The van der Waals surface area contributed by atoms with Crippen molar-refractivity contribution in [3.8, 4) is 0 Å². The van der Waals surface area contributed by atoms with Gasteiger partial charge >= 0.3 is 0 Å². The van der Waals surface area contributed by atoms with Gasteiger partial charge in [-0.25, -0.2) is 0 Å². The molecule has 0 aliphatic heterocycles. The van der Waals surface area contributed by atoms with Gasteiger partial charge in [0.15, 0.2) is 12.4 Å². The molecule has 0 aliphatic carbocycles. The Labute approximate surface area is 83.7 Å². The highest BCUT2D eigenvalue weighted by molar-refractivity contribution is 9.09. The molecule has 60 valence electrons. The molecule has 11 heavy (non-hydrogen) atoms. The number of nitrogens with zero attached hydrogens (tertiary/aromatic N) is 1. The lowest BCUT2D eigenvalue weighted by atomic mass is 10.4. The van der Waals surface area contributed by atoms with Gasteiger partial charge in [0, 0.05) is 23.9 Å². The van der Waals surface area contributed by atoms with Crippen LogP contribution in [0.15, 0.2) is 30.6 Å². The molecular weight excluding hydrogens is 270 g/mol. The van der Waals surface area contributed by atoms with E-state index in [4.69, 9.17) is 0 Å². The van der Waals surface area contributed by atoms with Crippen LogP contribution in [0, 0.1) is 0 Å². The van der Waals surface area contributed by atoms with Crippen LogP contribution < -0.4 is 4.57 Å². The maximum atomic E-state index is 3.58. The van der Waals surface area contributed by atoms with Gasteiger partial charge in [-0.3, -0.25) is 0 Å². The average molecular weight is 280 g/mol. The fourth-order valence-electron chi connectivity index (χ4n) is 0.838. The molecule has 0 radical (unpaired) electrons. The van der Waals surface area contributed by atoms with Crippen molar-refractivity contribution in [3.63, 3.8) is 0 Å². The zero-order chi connectivity index (χ0) is 8.10. The summed E-state index contributed by atoms with van der Waals surface area (Å²) < 4.78 is 2.14. The number of aromatic nitrogens is 1. The minimum atomic E-state index is 0.406. The van der Waals surface area contributed by atoms with E-state index in [1.54, 1.807) is 0 Å². The lowest BCUT2D eigenvalue weighted by Crippen LogP contribution is -2.34. The molecule has 0 bridgehead atoms. The summed E-state index contributed by atoms with van der Waals surface area (Å²) in [7, 11) is 0. The van der Waals surface area contributed by atoms with E-state index in [9.17, 15) is 0 Å². The summed E-state index contributed by atoms with van der Waals surface area (Å²) in [5.41, 5.74) is 0. The van der Waals surface area contributed by atoms with Gasteiger partial charge in [-0.05, 0) is 15.9 Å². The molecule has 1 unspecified atom stereocenters. The molecule has 1 aromatic heterocycles. The van der Waals surface area contributed by atoms with Gasteiger partial charge in [0.25, 0.3) is 0 Å². The van der Waals surface area contributed by atoms with Crippen LogP contribution >= 0.6 is 31.9 Å². The molecule has 1 aromatic rings. The molecule has 0 aromatic carbocycles. The number of halogens is 2. The third-order valence-corrected chi connectivity index (χ3v) is 2.80. The van der Waals surface area contributed by atoms with Gasteiger partial charge in [0.1, 0.15) is 0 Å². The van der Waals surface area contributed by atoms with E-state index in [-0.39, 0.29) is 0 Å². The second kappa shape index (κ2) is 4.88. The third-order valence-electron chi connectivity index (χ3n) is 1.41. The third kappa shape index (κ3) is 2.91. The van der Waals surface area contributed by atoms with Crippen molar-refractivity contribution < 1.29 is 4.57 Å². The van der Waals surface area contributed by atoms with Crippen LogP contribution in [-0.4, -0.2) is 5.33 Å². The molecule has 1 rings (SSSR count). The monoisotopic (exact) mass is 278 g/mol. The van der Waals surface area contributed by atoms with E-state index in [1.165, 1.54) is 0 Å². The summed E-state index contributed by atoms with van der Waals surface area (Å²) in [5.74, 6) is 0. The maximum Gasteiger partial charge on any atom is 0.212 e. The second-order valence-corrected chi connectivity index (χ2v) is 4.08. The number of alkyl halides is 2. The quantitative estimate of drug-likeness (QED) is 0.592. The fraction of sp³-hybridized carbons (Fsp3) is 0.375. The van der Waals surface area contributed by atoms with Gasteiger partial charge in [0.05, 0.1) is 0 Å². The zero-order valence-corrected chi connectivity index (χ0v) is 9.25. The van der Waals surface area contributed by atoms with Crippen LogP contribution in [-0.2, 0) is 0 Å².